The van der Waals surface area contributed by atoms with Gasteiger partial charge in [0.1, 0.15) is 12.3 Å². The maximum Gasteiger partial charge on any atom is 0.270 e. The number of aromatic nitrogens is 2. The number of nitrogens with one attached hydrogen (secondary N) is 1. The molecule has 0 bridgehead atoms. The fraction of sp³-hybridized carbons (Fsp3) is 0.118. The van der Waals surface area contributed by atoms with Crippen molar-refractivity contribution in [3.05, 3.63) is 69.6 Å². The van der Waals surface area contributed by atoms with E-state index in [2.05, 4.69) is 15.5 Å². The van der Waals surface area contributed by atoms with Gasteiger partial charge < -0.3 is 10.1 Å². The molecule has 0 saturated heterocycles. The van der Waals surface area contributed by atoms with E-state index in [0.29, 0.717) is 5.88 Å². The maximum absolute atomic E-state index is 12.0. The molecule has 0 aliphatic heterocycles. The number of nitrogens with zero attached hydrogens (tertiary/aromatic N) is 3. The lowest BCUT2D eigenvalue weighted by molar-refractivity contribution is -0.384. The van der Waals surface area contributed by atoms with Gasteiger partial charge in [0.2, 0.25) is 5.88 Å². The molecular formula is C17H14N4O4S. The van der Waals surface area contributed by atoms with Crippen LogP contribution in [0.4, 0.5) is 5.69 Å². The molecule has 0 aliphatic rings. The second-order valence-corrected chi connectivity index (χ2v) is 6.09. The van der Waals surface area contributed by atoms with Crippen molar-refractivity contribution in [2.75, 3.05) is 13.2 Å². The van der Waals surface area contributed by atoms with Crippen molar-refractivity contribution in [1.82, 2.24) is 15.5 Å². The highest BCUT2D eigenvalue weighted by atomic mass is 32.1. The highest BCUT2D eigenvalue weighted by Gasteiger charge is 2.11. The highest BCUT2D eigenvalue weighted by Crippen LogP contribution is 2.22. The number of non-ortho nitro benzene ring substituents is 1. The molecule has 8 nitrogen and oxygen atoms in total. The van der Waals surface area contributed by atoms with Crippen LogP contribution in [0.5, 0.6) is 5.88 Å². The number of rotatable bonds is 7. The second-order valence-electron chi connectivity index (χ2n) is 5.15. The number of carbonyl (C=O) groups excluding carboxylic acids is 1. The minimum absolute atomic E-state index is 0.130. The van der Waals surface area contributed by atoms with Crippen LogP contribution in [0.25, 0.3) is 10.6 Å². The zero-order valence-electron chi connectivity index (χ0n) is 13.5. The molecule has 0 fully saturated rings. The molecule has 1 N–H and O–H groups in total. The van der Waals surface area contributed by atoms with Crippen LogP contribution in [0.3, 0.4) is 0 Å². The van der Waals surface area contributed by atoms with Gasteiger partial charge in [-0.1, -0.05) is 12.1 Å². The molecule has 2 aromatic heterocycles. The van der Waals surface area contributed by atoms with Crippen LogP contribution in [0, 0.1) is 10.1 Å². The van der Waals surface area contributed by atoms with Gasteiger partial charge in [-0.15, -0.1) is 21.5 Å². The zero-order valence-corrected chi connectivity index (χ0v) is 14.3. The molecule has 9 heteroatoms. The van der Waals surface area contributed by atoms with Crippen LogP contribution in [0.1, 0.15) is 10.4 Å². The summed E-state index contributed by atoms with van der Waals surface area (Å²) in [6.45, 7) is 0.434. The summed E-state index contributed by atoms with van der Waals surface area (Å²) in [5.74, 6) is -0.0497. The third-order valence-electron chi connectivity index (χ3n) is 3.37. The quantitative estimate of drug-likeness (QED) is 0.389. The summed E-state index contributed by atoms with van der Waals surface area (Å²) in [6, 6.07) is 13.0. The summed E-state index contributed by atoms with van der Waals surface area (Å²) < 4.78 is 5.43. The van der Waals surface area contributed by atoms with Crippen molar-refractivity contribution < 1.29 is 14.5 Å². The third kappa shape index (κ3) is 4.39. The average molecular weight is 370 g/mol. The summed E-state index contributed by atoms with van der Waals surface area (Å²) in [6.07, 6.45) is 0. The Bertz CT molecular complexity index is 897. The van der Waals surface area contributed by atoms with Crippen molar-refractivity contribution in [3.8, 4) is 16.5 Å². The first kappa shape index (κ1) is 17.5. The van der Waals surface area contributed by atoms with E-state index in [1.165, 1.54) is 24.3 Å². The molecular weight excluding hydrogens is 356 g/mol. The second kappa shape index (κ2) is 8.17. The largest absolute Gasteiger partial charge is 0.475 e. The number of hydrogen-bond acceptors (Lipinski definition) is 7. The van der Waals surface area contributed by atoms with Crippen LogP contribution in [-0.4, -0.2) is 34.2 Å². The fourth-order valence-corrected chi connectivity index (χ4v) is 2.83. The molecule has 3 rings (SSSR count). The van der Waals surface area contributed by atoms with Crippen LogP contribution >= 0.6 is 11.3 Å². The van der Waals surface area contributed by atoms with Gasteiger partial charge >= 0.3 is 0 Å². The zero-order chi connectivity index (χ0) is 18.4. The van der Waals surface area contributed by atoms with Gasteiger partial charge in [0, 0.05) is 23.8 Å². The third-order valence-corrected chi connectivity index (χ3v) is 4.26. The van der Waals surface area contributed by atoms with Crippen molar-refractivity contribution in [1.29, 1.82) is 0 Å². The number of hydrogen-bond donors (Lipinski definition) is 1. The molecule has 1 aromatic carbocycles. The van der Waals surface area contributed by atoms with Crippen molar-refractivity contribution in [2.24, 2.45) is 0 Å². The predicted molar refractivity (Wildman–Crippen MR) is 96.3 cm³/mol. The Morgan fingerprint density at radius 2 is 2.08 bits per heavy atom. The van der Waals surface area contributed by atoms with E-state index >= 15 is 0 Å². The van der Waals surface area contributed by atoms with E-state index < -0.39 is 10.8 Å². The first-order chi connectivity index (χ1) is 12.6. The molecule has 0 spiro atoms. The van der Waals surface area contributed by atoms with Gasteiger partial charge in [0.25, 0.3) is 11.6 Å². The summed E-state index contributed by atoms with van der Waals surface area (Å²) in [4.78, 5) is 23.2. The van der Waals surface area contributed by atoms with Crippen molar-refractivity contribution >= 4 is 22.9 Å². The molecule has 0 radical (unpaired) electrons. The standard InChI is InChI=1S/C17H14N4O4S/c22-17(12-3-1-4-13(11-12)21(23)24)18-8-9-25-16-7-6-14(19-20-16)15-5-2-10-26-15/h1-7,10-11H,8-9H2,(H,18,22). The Morgan fingerprint density at radius 1 is 1.19 bits per heavy atom. The fourth-order valence-electron chi connectivity index (χ4n) is 2.14. The smallest absolute Gasteiger partial charge is 0.270 e. The maximum atomic E-state index is 12.0. The number of carbonyl (C=O) groups is 1. The molecule has 3 aromatic rings. The minimum atomic E-state index is -0.543. The monoisotopic (exact) mass is 370 g/mol. The Hall–Kier alpha value is -3.33. The van der Waals surface area contributed by atoms with Crippen LogP contribution in [0.15, 0.2) is 53.9 Å². The molecule has 132 valence electrons. The predicted octanol–water partition coefficient (Wildman–Crippen LogP) is 2.92. The van der Waals surface area contributed by atoms with E-state index in [9.17, 15) is 14.9 Å². The minimum Gasteiger partial charge on any atom is -0.475 e. The van der Waals surface area contributed by atoms with Gasteiger partial charge in [0.15, 0.2) is 0 Å². The molecule has 0 unspecified atom stereocenters. The topological polar surface area (TPSA) is 107 Å². The molecule has 26 heavy (non-hydrogen) atoms. The molecule has 0 atom stereocenters. The normalized spacial score (nSPS) is 10.3. The number of amides is 1. The lowest BCUT2D eigenvalue weighted by Gasteiger charge is -2.07. The average Bonchev–Trinajstić information content (AvgIpc) is 3.20. The Morgan fingerprint density at radius 3 is 2.77 bits per heavy atom. The van der Waals surface area contributed by atoms with Gasteiger partial charge in [-0.3, -0.25) is 14.9 Å². The Kier molecular flexibility index (Phi) is 5.49. The number of ether oxygens (including phenoxy) is 1. The summed E-state index contributed by atoms with van der Waals surface area (Å²) in [5, 5.41) is 23.4. The molecule has 1 amide bonds. The van der Waals surface area contributed by atoms with E-state index in [-0.39, 0.29) is 24.4 Å². The van der Waals surface area contributed by atoms with Crippen molar-refractivity contribution in [3.63, 3.8) is 0 Å². The number of benzene rings is 1. The number of thiophene rings is 1. The van der Waals surface area contributed by atoms with E-state index in [4.69, 9.17) is 4.74 Å². The summed E-state index contributed by atoms with van der Waals surface area (Å²) in [7, 11) is 0. The Labute approximate surface area is 152 Å². The van der Waals surface area contributed by atoms with Gasteiger partial charge in [0.05, 0.1) is 16.3 Å². The highest BCUT2D eigenvalue weighted by molar-refractivity contribution is 7.13. The van der Waals surface area contributed by atoms with E-state index in [0.717, 1.165) is 10.6 Å². The SMILES string of the molecule is O=C(NCCOc1ccc(-c2cccs2)nn1)c1cccc([N+](=O)[O-])c1. The molecule has 0 aliphatic carbocycles. The van der Waals surface area contributed by atoms with Crippen molar-refractivity contribution in [2.45, 2.75) is 0 Å². The van der Waals surface area contributed by atoms with Gasteiger partial charge in [-0.25, -0.2) is 0 Å². The van der Waals surface area contributed by atoms with Gasteiger partial charge in [-0.05, 0) is 23.6 Å². The Balaban J connectivity index is 1.47. The first-order valence-electron chi connectivity index (χ1n) is 7.66. The summed E-state index contributed by atoms with van der Waals surface area (Å²) in [5.41, 5.74) is 0.862. The van der Waals surface area contributed by atoms with Crippen LogP contribution in [-0.2, 0) is 0 Å². The van der Waals surface area contributed by atoms with Gasteiger partial charge in [-0.2, -0.15) is 0 Å². The first-order valence-corrected chi connectivity index (χ1v) is 8.54. The number of nitro groups is 1. The molecule has 2 heterocycles. The van der Waals surface area contributed by atoms with Crippen LogP contribution < -0.4 is 10.1 Å². The molecule has 0 saturated carbocycles. The number of nitro benzene ring substituents is 1. The summed E-state index contributed by atoms with van der Waals surface area (Å²) >= 11 is 1.57. The van der Waals surface area contributed by atoms with E-state index in [1.807, 2.05) is 23.6 Å². The van der Waals surface area contributed by atoms with Crippen LogP contribution in [0.2, 0.25) is 0 Å². The lowest BCUT2D eigenvalue weighted by Crippen LogP contribution is -2.28. The van der Waals surface area contributed by atoms with E-state index in [1.54, 1.807) is 17.4 Å². The lowest BCUT2D eigenvalue weighted by atomic mass is 10.2.